The summed E-state index contributed by atoms with van der Waals surface area (Å²) in [5.41, 5.74) is 2.16. The highest BCUT2D eigenvalue weighted by Gasteiger charge is 2.32. The van der Waals surface area contributed by atoms with E-state index in [4.69, 9.17) is 0 Å². The van der Waals surface area contributed by atoms with Crippen molar-refractivity contribution in [1.82, 2.24) is 0 Å². The number of Topliss-reactive ketones (excluding diaryl/α,β-unsaturated/α-hetero) is 1. The topological polar surface area (TPSA) is 17.1 Å². The number of ketones is 1. The van der Waals surface area contributed by atoms with E-state index < -0.39 is 0 Å². The third kappa shape index (κ3) is 1.95. The summed E-state index contributed by atoms with van der Waals surface area (Å²) in [4.78, 5) is 16.5. The van der Waals surface area contributed by atoms with E-state index in [1.807, 2.05) is 36.4 Å². The van der Waals surface area contributed by atoms with Crippen molar-refractivity contribution in [3.63, 3.8) is 0 Å². The Kier molecular flexibility index (Phi) is 3.20. The third-order valence-corrected chi connectivity index (χ3v) is 6.74. The molecule has 1 aliphatic carbocycles. The van der Waals surface area contributed by atoms with Crippen molar-refractivity contribution in [3.8, 4) is 0 Å². The molecule has 4 rings (SSSR count). The van der Waals surface area contributed by atoms with E-state index >= 15 is 0 Å². The van der Waals surface area contributed by atoms with Crippen LogP contribution in [0.4, 0.5) is 0 Å². The molecule has 0 saturated carbocycles. The van der Waals surface area contributed by atoms with Crippen LogP contribution in [0.2, 0.25) is 0 Å². The summed E-state index contributed by atoms with van der Waals surface area (Å²) < 4.78 is 0. The summed E-state index contributed by atoms with van der Waals surface area (Å²) in [6, 6.07) is 16.6. The maximum Gasteiger partial charge on any atom is 0.175 e. The molecule has 0 radical (unpaired) electrons. The molecule has 1 aliphatic heterocycles. The Bertz CT molecular complexity index is 871. The molecule has 2 aromatic carbocycles. The lowest BCUT2D eigenvalue weighted by molar-refractivity contribution is 0.0969. The van der Waals surface area contributed by atoms with Crippen LogP contribution in [0.15, 0.2) is 82.6 Å². The highest BCUT2D eigenvalue weighted by atomic mass is 32.2. The number of hydrogen-bond donors (Lipinski definition) is 0. The lowest BCUT2D eigenvalue weighted by atomic mass is 9.91. The van der Waals surface area contributed by atoms with E-state index in [0.29, 0.717) is 0 Å². The van der Waals surface area contributed by atoms with Crippen LogP contribution in [-0.2, 0) is 0 Å². The van der Waals surface area contributed by atoms with Gasteiger partial charge in [0.15, 0.2) is 5.78 Å². The molecule has 2 atom stereocenters. The first-order valence-corrected chi connectivity index (χ1v) is 8.65. The van der Waals surface area contributed by atoms with Gasteiger partial charge in [-0.2, -0.15) is 0 Å². The Balaban J connectivity index is 2.08. The van der Waals surface area contributed by atoms with Crippen molar-refractivity contribution >= 4 is 21.1 Å². The molecule has 0 amide bonds. The number of allylic oxidation sites excluding steroid dienone is 4. The van der Waals surface area contributed by atoms with Gasteiger partial charge in [0.2, 0.25) is 0 Å². The van der Waals surface area contributed by atoms with Crippen LogP contribution in [0.1, 0.15) is 15.9 Å². The molecule has 0 aromatic heterocycles. The first-order chi connectivity index (χ1) is 10.8. The lowest BCUT2D eigenvalue weighted by Crippen LogP contribution is -2.27. The SMILES string of the molecule is Cc1ccccc1S1=C2C=CC=CC2C(=O)c2ccccc21. The quantitative estimate of drug-likeness (QED) is 0.692. The number of carbonyl (C=O) groups is 1. The zero-order chi connectivity index (χ0) is 15.1. The third-order valence-electron chi connectivity index (χ3n) is 4.19. The first-order valence-electron chi connectivity index (χ1n) is 7.42. The Hall–Kier alpha value is -2.19. The molecule has 1 nitrogen and oxygen atoms in total. The molecule has 22 heavy (non-hydrogen) atoms. The van der Waals surface area contributed by atoms with Crippen LogP contribution in [-0.4, -0.2) is 10.6 Å². The largest absolute Gasteiger partial charge is 0.293 e. The van der Waals surface area contributed by atoms with Gasteiger partial charge in [0.25, 0.3) is 0 Å². The molecule has 0 spiro atoms. The van der Waals surface area contributed by atoms with Gasteiger partial charge in [-0.1, -0.05) is 60.7 Å². The van der Waals surface area contributed by atoms with Crippen molar-refractivity contribution in [2.75, 3.05) is 0 Å². The molecule has 2 aliphatic rings. The monoisotopic (exact) mass is 304 g/mol. The molecule has 0 bridgehead atoms. The lowest BCUT2D eigenvalue weighted by Gasteiger charge is -2.29. The fraction of sp³-hybridized carbons (Fsp3) is 0.100. The number of rotatable bonds is 1. The van der Waals surface area contributed by atoms with Crippen LogP contribution in [0.25, 0.3) is 0 Å². The zero-order valence-corrected chi connectivity index (χ0v) is 13.1. The fourth-order valence-electron chi connectivity index (χ4n) is 3.11. The Morgan fingerprint density at radius 3 is 2.45 bits per heavy atom. The summed E-state index contributed by atoms with van der Waals surface area (Å²) in [7, 11) is -0.174. The maximum absolute atomic E-state index is 12.8. The van der Waals surface area contributed by atoms with Crippen molar-refractivity contribution < 1.29 is 4.79 Å². The van der Waals surface area contributed by atoms with Crippen molar-refractivity contribution in [3.05, 3.63) is 84.0 Å². The van der Waals surface area contributed by atoms with Crippen LogP contribution < -0.4 is 0 Å². The van der Waals surface area contributed by atoms with E-state index in [-0.39, 0.29) is 22.2 Å². The minimum Gasteiger partial charge on any atom is -0.293 e. The number of carbonyl (C=O) groups excluding carboxylic acids is 1. The average molecular weight is 304 g/mol. The van der Waals surface area contributed by atoms with E-state index in [0.717, 1.165) is 10.5 Å². The number of fused-ring (bicyclic) bond motifs is 2. The summed E-state index contributed by atoms with van der Waals surface area (Å²) in [5, 5.41) is 0. The highest BCUT2D eigenvalue weighted by molar-refractivity contribution is 8.16. The Morgan fingerprint density at radius 1 is 0.909 bits per heavy atom. The standard InChI is InChI=1S/C20H16OS/c1-14-8-2-5-11-17(14)22-18-12-6-3-9-15(18)20(21)16-10-4-7-13-19(16)22/h2-13,15H,1H3. The van der Waals surface area contributed by atoms with Crippen molar-refractivity contribution in [2.45, 2.75) is 16.7 Å². The maximum atomic E-state index is 12.8. The Labute approximate surface area is 132 Å². The molecule has 1 heterocycles. The minimum absolute atomic E-state index is 0.108. The summed E-state index contributed by atoms with van der Waals surface area (Å²) in [6.45, 7) is 2.15. The van der Waals surface area contributed by atoms with Crippen LogP contribution >= 0.6 is 10.5 Å². The normalized spacial score (nSPS) is 22.4. The molecule has 0 saturated heterocycles. The van der Waals surface area contributed by atoms with Crippen molar-refractivity contribution in [1.29, 1.82) is 0 Å². The van der Waals surface area contributed by atoms with Crippen LogP contribution in [0.5, 0.6) is 0 Å². The second kappa shape index (κ2) is 5.22. The molecular formula is C20H16OS. The first kappa shape index (κ1) is 13.5. The van der Waals surface area contributed by atoms with Gasteiger partial charge in [-0.05, 0) is 29.5 Å². The van der Waals surface area contributed by atoms with E-state index in [1.54, 1.807) is 0 Å². The van der Waals surface area contributed by atoms with Gasteiger partial charge < -0.3 is 0 Å². The van der Waals surface area contributed by atoms with Crippen LogP contribution in [0, 0.1) is 12.8 Å². The molecule has 2 heteroatoms. The van der Waals surface area contributed by atoms with Gasteiger partial charge >= 0.3 is 0 Å². The number of hydrogen-bond acceptors (Lipinski definition) is 1. The van der Waals surface area contributed by atoms with Gasteiger partial charge in [-0.25, -0.2) is 0 Å². The van der Waals surface area contributed by atoms with Gasteiger partial charge in [-0.15, -0.1) is 10.5 Å². The molecule has 2 aromatic rings. The summed E-state index contributed by atoms with van der Waals surface area (Å²) in [5.74, 6) is 0.117. The van der Waals surface area contributed by atoms with Gasteiger partial charge in [-0.3, -0.25) is 4.79 Å². The minimum atomic E-state index is -0.174. The molecule has 0 N–H and O–H groups in total. The molecule has 108 valence electrons. The second-order valence-electron chi connectivity index (χ2n) is 5.56. The van der Waals surface area contributed by atoms with Crippen LogP contribution in [0.3, 0.4) is 0 Å². The molecule has 0 fully saturated rings. The summed E-state index contributed by atoms with van der Waals surface area (Å²) >= 11 is 0. The van der Waals surface area contributed by atoms with E-state index in [9.17, 15) is 4.79 Å². The zero-order valence-electron chi connectivity index (χ0n) is 12.3. The second-order valence-corrected chi connectivity index (χ2v) is 7.52. The van der Waals surface area contributed by atoms with E-state index in [2.05, 4.69) is 43.3 Å². The predicted octanol–water partition coefficient (Wildman–Crippen LogP) is 4.79. The fourth-order valence-corrected chi connectivity index (χ4v) is 5.72. The highest BCUT2D eigenvalue weighted by Crippen LogP contribution is 2.47. The predicted molar refractivity (Wildman–Crippen MR) is 92.9 cm³/mol. The summed E-state index contributed by atoms with van der Waals surface area (Å²) in [6.07, 6.45) is 8.20. The Morgan fingerprint density at radius 2 is 1.64 bits per heavy atom. The average Bonchev–Trinajstić information content (AvgIpc) is 2.57. The smallest absolute Gasteiger partial charge is 0.175 e. The van der Waals surface area contributed by atoms with Gasteiger partial charge in [0.05, 0.1) is 5.92 Å². The number of benzene rings is 2. The molecule has 2 unspecified atom stereocenters. The van der Waals surface area contributed by atoms with Gasteiger partial charge in [0, 0.05) is 15.4 Å². The van der Waals surface area contributed by atoms with Gasteiger partial charge in [0.1, 0.15) is 0 Å². The van der Waals surface area contributed by atoms with Crippen molar-refractivity contribution in [2.24, 2.45) is 5.92 Å². The number of aryl methyl sites for hydroxylation is 1. The van der Waals surface area contributed by atoms with E-state index in [1.165, 1.54) is 15.3 Å². The molecular weight excluding hydrogens is 288 g/mol.